The van der Waals surface area contributed by atoms with Gasteiger partial charge in [0.25, 0.3) is 0 Å². The first-order valence-electron chi connectivity index (χ1n) is 7.81. The molecule has 19 heavy (non-hydrogen) atoms. The first-order chi connectivity index (χ1) is 9.31. The number of hydrogen-bond donors (Lipinski definition) is 0. The first kappa shape index (κ1) is 13.1. The molecule has 2 nitrogen and oxygen atoms in total. The van der Waals surface area contributed by atoms with Crippen LogP contribution in [0, 0.1) is 5.92 Å². The molecular weight excluding hydrogens is 232 g/mol. The minimum Gasteiger partial charge on any atom is -0.298 e. The van der Waals surface area contributed by atoms with Crippen LogP contribution in [0.5, 0.6) is 0 Å². The fourth-order valence-corrected chi connectivity index (χ4v) is 3.64. The molecule has 1 saturated heterocycles. The lowest BCUT2D eigenvalue weighted by Crippen LogP contribution is -2.49. The number of rotatable bonds is 3. The molecule has 2 heteroatoms. The standard InChI is InChI=1S/C17H26N2/c1-15-7-8-17(13-15)19-11-9-18(10-12-19)14-16-5-3-2-4-6-16/h2-6,15,17H,7-14H2,1H3/t15-,17+/m0/s1. The van der Waals surface area contributed by atoms with Gasteiger partial charge in [0.1, 0.15) is 0 Å². The second-order valence-corrected chi connectivity index (χ2v) is 6.37. The van der Waals surface area contributed by atoms with Crippen LogP contribution in [0.3, 0.4) is 0 Å². The lowest BCUT2D eigenvalue weighted by atomic mass is 10.1. The smallest absolute Gasteiger partial charge is 0.0234 e. The van der Waals surface area contributed by atoms with Crippen molar-refractivity contribution >= 4 is 0 Å². The van der Waals surface area contributed by atoms with Crippen LogP contribution in [-0.4, -0.2) is 42.0 Å². The van der Waals surface area contributed by atoms with Gasteiger partial charge < -0.3 is 0 Å². The molecule has 0 radical (unpaired) electrons. The predicted molar refractivity (Wildman–Crippen MR) is 80.1 cm³/mol. The van der Waals surface area contributed by atoms with Gasteiger partial charge in [0.05, 0.1) is 0 Å². The van der Waals surface area contributed by atoms with Crippen molar-refractivity contribution in [1.29, 1.82) is 0 Å². The van der Waals surface area contributed by atoms with Gasteiger partial charge in [-0.3, -0.25) is 9.80 Å². The van der Waals surface area contributed by atoms with Crippen LogP contribution >= 0.6 is 0 Å². The summed E-state index contributed by atoms with van der Waals surface area (Å²) in [6, 6.07) is 11.8. The zero-order valence-corrected chi connectivity index (χ0v) is 12.1. The maximum Gasteiger partial charge on any atom is 0.0234 e. The molecule has 2 fully saturated rings. The Morgan fingerprint density at radius 1 is 1.00 bits per heavy atom. The van der Waals surface area contributed by atoms with E-state index in [9.17, 15) is 0 Å². The maximum atomic E-state index is 2.74. The van der Waals surface area contributed by atoms with E-state index in [-0.39, 0.29) is 0 Å². The highest BCUT2D eigenvalue weighted by Gasteiger charge is 2.29. The Morgan fingerprint density at radius 2 is 1.74 bits per heavy atom. The second kappa shape index (κ2) is 6.06. The van der Waals surface area contributed by atoms with E-state index in [0.29, 0.717) is 0 Å². The van der Waals surface area contributed by atoms with E-state index < -0.39 is 0 Å². The Kier molecular flexibility index (Phi) is 4.19. The molecule has 1 aromatic carbocycles. The highest BCUT2D eigenvalue weighted by Crippen LogP contribution is 2.29. The average Bonchev–Trinajstić information content (AvgIpc) is 2.87. The Labute approximate surface area is 117 Å². The van der Waals surface area contributed by atoms with Gasteiger partial charge in [-0.25, -0.2) is 0 Å². The molecule has 104 valence electrons. The van der Waals surface area contributed by atoms with Gasteiger partial charge in [-0.05, 0) is 30.7 Å². The monoisotopic (exact) mass is 258 g/mol. The zero-order chi connectivity index (χ0) is 13.1. The Balaban J connectivity index is 1.47. The van der Waals surface area contributed by atoms with Crippen LogP contribution in [0.4, 0.5) is 0 Å². The summed E-state index contributed by atoms with van der Waals surface area (Å²) < 4.78 is 0. The molecule has 1 aliphatic carbocycles. The molecule has 3 rings (SSSR count). The van der Waals surface area contributed by atoms with Crippen LogP contribution in [0.1, 0.15) is 31.7 Å². The van der Waals surface area contributed by atoms with E-state index in [2.05, 4.69) is 47.1 Å². The lowest BCUT2D eigenvalue weighted by molar-refractivity contribution is 0.0924. The Morgan fingerprint density at radius 3 is 2.37 bits per heavy atom. The van der Waals surface area contributed by atoms with Crippen molar-refractivity contribution in [1.82, 2.24) is 9.80 Å². The van der Waals surface area contributed by atoms with Gasteiger partial charge in [0, 0.05) is 38.8 Å². The summed E-state index contributed by atoms with van der Waals surface area (Å²) in [6.45, 7) is 8.54. The summed E-state index contributed by atoms with van der Waals surface area (Å²) in [5.41, 5.74) is 1.45. The van der Waals surface area contributed by atoms with E-state index in [1.807, 2.05) is 0 Å². The SMILES string of the molecule is C[C@H]1CC[C@@H](N2CCN(Cc3ccccc3)CC2)C1. The molecule has 1 heterocycles. The molecule has 2 aliphatic rings. The van der Waals surface area contributed by atoms with E-state index in [4.69, 9.17) is 0 Å². The van der Waals surface area contributed by atoms with Gasteiger partial charge in [0.2, 0.25) is 0 Å². The van der Waals surface area contributed by atoms with Crippen LogP contribution in [-0.2, 0) is 6.54 Å². The molecule has 0 unspecified atom stereocenters. The summed E-state index contributed by atoms with van der Waals surface area (Å²) in [4.78, 5) is 5.34. The van der Waals surface area contributed by atoms with Crippen LogP contribution in [0.2, 0.25) is 0 Å². The van der Waals surface area contributed by atoms with Gasteiger partial charge in [-0.15, -0.1) is 0 Å². The van der Waals surface area contributed by atoms with Crippen LogP contribution < -0.4 is 0 Å². The fourth-order valence-electron chi connectivity index (χ4n) is 3.64. The molecule has 0 bridgehead atoms. The molecule has 1 saturated carbocycles. The first-order valence-corrected chi connectivity index (χ1v) is 7.81. The fraction of sp³-hybridized carbons (Fsp3) is 0.647. The third-order valence-corrected chi connectivity index (χ3v) is 4.84. The van der Waals surface area contributed by atoms with Crippen molar-refractivity contribution in [3.05, 3.63) is 35.9 Å². The largest absolute Gasteiger partial charge is 0.298 e. The third-order valence-electron chi connectivity index (χ3n) is 4.84. The van der Waals surface area contributed by atoms with Crippen molar-refractivity contribution in [3.8, 4) is 0 Å². The van der Waals surface area contributed by atoms with Crippen molar-refractivity contribution < 1.29 is 0 Å². The van der Waals surface area contributed by atoms with E-state index in [0.717, 1.165) is 18.5 Å². The summed E-state index contributed by atoms with van der Waals surface area (Å²) in [6.07, 6.45) is 4.30. The summed E-state index contributed by atoms with van der Waals surface area (Å²) >= 11 is 0. The quantitative estimate of drug-likeness (QED) is 0.822. The van der Waals surface area contributed by atoms with E-state index in [1.165, 1.54) is 51.0 Å². The van der Waals surface area contributed by atoms with Crippen molar-refractivity contribution in [2.45, 2.75) is 38.8 Å². The van der Waals surface area contributed by atoms with Crippen molar-refractivity contribution in [2.75, 3.05) is 26.2 Å². The maximum absolute atomic E-state index is 2.74. The molecule has 0 N–H and O–H groups in total. The van der Waals surface area contributed by atoms with E-state index in [1.54, 1.807) is 0 Å². The number of piperazine rings is 1. The van der Waals surface area contributed by atoms with Crippen molar-refractivity contribution in [3.63, 3.8) is 0 Å². The molecule has 1 aliphatic heterocycles. The Bertz CT molecular complexity index is 382. The van der Waals surface area contributed by atoms with Gasteiger partial charge in [-0.2, -0.15) is 0 Å². The minimum atomic E-state index is 0.883. The highest BCUT2D eigenvalue weighted by atomic mass is 15.3. The number of nitrogens with zero attached hydrogens (tertiary/aromatic N) is 2. The molecule has 0 amide bonds. The molecular formula is C17H26N2. The van der Waals surface area contributed by atoms with Gasteiger partial charge in [0.15, 0.2) is 0 Å². The number of hydrogen-bond acceptors (Lipinski definition) is 2. The second-order valence-electron chi connectivity index (χ2n) is 6.37. The van der Waals surface area contributed by atoms with Crippen molar-refractivity contribution in [2.24, 2.45) is 5.92 Å². The molecule has 0 aromatic heterocycles. The average molecular weight is 258 g/mol. The Hall–Kier alpha value is -0.860. The molecule has 1 aromatic rings. The summed E-state index contributed by atoms with van der Waals surface area (Å²) in [7, 11) is 0. The predicted octanol–water partition coefficient (Wildman–Crippen LogP) is 2.99. The van der Waals surface area contributed by atoms with Gasteiger partial charge >= 0.3 is 0 Å². The van der Waals surface area contributed by atoms with Crippen LogP contribution in [0.15, 0.2) is 30.3 Å². The topological polar surface area (TPSA) is 6.48 Å². The lowest BCUT2D eigenvalue weighted by Gasteiger charge is -2.38. The number of benzene rings is 1. The highest BCUT2D eigenvalue weighted by molar-refractivity contribution is 5.14. The molecule has 2 atom stereocenters. The minimum absolute atomic E-state index is 0.883. The summed E-state index contributed by atoms with van der Waals surface area (Å²) in [5.74, 6) is 0.951. The van der Waals surface area contributed by atoms with Gasteiger partial charge in [-0.1, -0.05) is 37.3 Å². The zero-order valence-electron chi connectivity index (χ0n) is 12.1. The third kappa shape index (κ3) is 3.37. The molecule has 0 spiro atoms. The summed E-state index contributed by atoms with van der Waals surface area (Å²) in [5, 5.41) is 0. The van der Waals surface area contributed by atoms with E-state index >= 15 is 0 Å². The van der Waals surface area contributed by atoms with Crippen LogP contribution in [0.25, 0.3) is 0 Å². The normalized spacial score (nSPS) is 29.7.